The Bertz CT molecular complexity index is 707. The predicted molar refractivity (Wildman–Crippen MR) is 120 cm³/mol. The van der Waals surface area contributed by atoms with Crippen LogP contribution in [-0.4, -0.2) is 84.9 Å². The molecule has 2 bridgehead atoms. The van der Waals surface area contributed by atoms with Gasteiger partial charge in [0.15, 0.2) is 0 Å². The first kappa shape index (κ1) is 23.6. The molecule has 0 aliphatic carbocycles. The second-order valence-electron chi connectivity index (χ2n) is 8.39. The molecule has 3 aliphatic rings. The van der Waals surface area contributed by atoms with E-state index in [0.717, 1.165) is 12.8 Å². The number of unbranched alkanes of at least 4 members (excludes halogenated alkanes) is 2. The summed E-state index contributed by atoms with van der Waals surface area (Å²) in [6, 6.07) is -0.676. The van der Waals surface area contributed by atoms with E-state index in [1.165, 1.54) is 11.8 Å². The van der Waals surface area contributed by atoms with E-state index >= 15 is 0 Å². The number of likely N-dealkylation sites (tertiary alicyclic amines) is 1. The van der Waals surface area contributed by atoms with Crippen LogP contribution in [0.2, 0.25) is 0 Å². The van der Waals surface area contributed by atoms with Gasteiger partial charge in [0.2, 0.25) is 11.8 Å². The number of thioether (sulfide) groups is 1. The summed E-state index contributed by atoms with van der Waals surface area (Å²) in [7, 11) is 0. The van der Waals surface area contributed by atoms with E-state index in [2.05, 4.69) is 29.4 Å². The Morgan fingerprint density at radius 3 is 2.73 bits per heavy atom. The molecular weight excluding hydrogens is 472 g/mol. The lowest BCUT2D eigenvalue weighted by atomic mass is 9.71. The van der Waals surface area contributed by atoms with E-state index in [0.29, 0.717) is 38.9 Å². The molecule has 3 fully saturated rings. The normalized spacial score (nSPS) is 34.3. The summed E-state index contributed by atoms with van der Waals surface area (Å²) in [5, 5.41) is 18.9. The Morgan fingerprint density at radius 2 is 2.13 bits per heavy atom. The Balaban J connectivity index is 1.99. The van der Waals surface area contributed by atoms with Gasteiger partial charge in [-0.2, -0.15) is 0 Å². The molecule has 0 saturated carbocycles. The van der Waals surface area contributed by atoms with Gasteiger partial charge in [0.05, 0.1) is 16.6 Å². The number of amides is 2. The fourth-order valence-corrected chi connectivity index (χ4v) is 8.89. The van der Waals surface area contributed by atoms with Gasteiger partial charge in [0.25, 0.3) is 0 Å². The molecule has 0 aromatic heterocycles. The molecule has 7 nitrogen and oxygen atoms in total. The molecule has 168 valence electrons. The Kier molecular flexibility index (Phi) is 7.56. The van der Waals surface area contributed by atoms with Gasteiger partial charge in [-0.05, 0) is 25.7 Å². The first-order valence-corrected chi connectivity index (χ1v) is 12.5. The number of carboxylic acid groups (broad SMARTS) is 1. The average Bonchev–Trinajstić information content (AvgIpc) is 3.29. The van der Waals surface area contributed by atoms with E-state index in [1.807, 2.05) is 0 Å². The molecule has 0 aromatic rings. The number of fused-ring (bicyclic) bond motifs is 1. The maximum Gasteiger partial charge on any atom is 0.308 e. The van der Waals surface area contributed by atoms with Gasteiger partial charge in [-0.1, -0.05) is 35.4 Å². The highest BCUT2D eigenvalue weighted by molar-refractivity contribution is 9.09. The summed E-state index contributed by atoms with van der Waals surface area (Å²) in [4.78, 5) is 42.7. The Labute approximate surface area is 190 Å². The highest BCUT2D eigenvalue weighted by Gasteiger charge is 2.75. The number of halogens is 1. The third-order valence-electron chi connectivity index (χ3n) is 6.56. The summed E-state index contributed by atoms with van der Waals surface area (Å²) in [6.45, 7) is 7.21. The highest BCUT2D eigenvalue weighted by Crippen LogP contribution is 2.67. The standard InChI is InChI=1S/C21H31BrN2O5S/c1-3-5-9-23(8-4-2)19(27)17-21-12-13(22)16(30-21)14(20(28)29)15(21)18(26)24(17)10-6-7-11-25/h4,13-17,25H,2-3,5-12H2,1H3,(H,28,29)/t13?,14-,15+,16-,17?,21?/m1/s1. The van der Waals surface area contributed by atoms with Gasteiger partial charge >= 0.3 is 5.97 Å². The quantitative estimate of drug-likeness (QED) is 0.255. The van der Waals surface area contributed by atoms with Crippen molar-refractivity contribution >= 4 is 45.5 Å². The molecule has 30 heavy (non-hydrogen) atoms. The Hall–Kier alpha value is -1.06. The number of carbonyl (C=O) groups excluding carboxylic acids is 2. The van der Waals surface area contributed by atoms with Crippen molar-refractivity contribution in [3.63, 3.8) is 0 Å². The zero-order valence-electron chi connectivity index (χ0n) is 17.3. The average molecular weight is 503 g/mol. The maximum atomic E-state index is 13.8. The molecule has 0 radical (unpaired) electrons. The molecular formula is C21H31BrN2O5S. The lowest BCUT2D eigenvalue weighted by Crippen LogP contribution is -2.55. The number of nitrogens with zero attached hydrogens (tertiary/aromatic N) is 2. The van der Waals surface area contributed by atoms with E-state index < -0.39 is 28.6 Å². The van der Waals surface area contributed by atoms with Crippen molar-refractivity contribution in [1.82, 2.24) is 9.80 Å². The number of hydrogen-bond donors (Lipinski definition) is 2. The molecule has 3 rings (SSSR count). The largest absolute Gasteiger partial charge is 0.481 e. The second-order valence-corrected chi connectivity index (χ2v) is 11.1. The summed E-state index contributed by atoms with van der Waals surface area (Å²) in [5.41, 5.74) is 0. The molecule has 3 heterocycles. The minimum atomic E-state index is -0.964. The summed E-state index contributed by atoms with van der Waals surface area (Å²) < 4.78 is -0.721. The number of carbonyl (C=O) groups is 3. The number of aliphatic carboxylic acids is 1. The van der Waals surface area contributed by atoms with Crippen LogP contribution in [0.15, 0.2) is 12.7 Å². The first-order chi connectivity index (χ1) is 14.3. The van der Waals surface area contributed by atoms with Crippen LogP contribution in [0.1, 0.15) is 39.0 Å². The topological polar surface area (TPSA) is 98.2 Å². The molecule has 2 N–H and O–H groups in total. The van der Waals surface area contributed by atoms with Crippen molar-refractivity contribution in [2.24, 2.45) is 11.8 Å². The van der Waals surface area contributed by atoms with E-state index in [1.54, 1.807) is 15.9 Å². The number of aliphatic hydroxyl groups is 1. The molecule has 3 saturated heterocycles. The number of aliphatic hydroxyl groups excluding tert-OH is 1. The predicted octanol–water partition coefficient (Wildman–Crippen LogP) is 2.12. The van der Waals surface area contributed by atoms with Crippen LogP contribution in [0, 0.1) is 11.8 Å². The number of hydrogen-bond acceptors (Lipinski definition) is 5. The maximum absolute atomic E-state index is 13.8. The molecule has 9 heteroatoms. The van der Waals surface area contributed by atoms with Gasteiger partial charge < -0.3 is 20.0 Å². The lowest BCUT2D eigenvalue weighted by Gasteiger charge is -2.37. The van der Waals surface area contributed by atoms with Crippen LogP contribution in [0.25, 0.3) is 0 Å². The third-order valence-corrected chi connectivity index (χ3v) is 9.78. The van der Waals surface area contributed by atoms with Crippen molar-refractivity contribution in [3.05, 3.63) is 12.7 Å². The molecule has 1 spiro atoms. The summed E-state index contributed by atoms with van der Waals surface area (Å²) in [5.74, 6) is -2.76. The number of carboxylic acids is 1. The first-order valence-electron chi connectivity index (χ1n) is 10.7. The fraction of sp³-hybridized carbons (Fsp3) is 0.762. The van der Waals surface area contributed by atoms with Crippen molar-refractivity contribution < 1.29 is 24.6 Å². The van der Waals surface area contributed by atoms with Crippen molar-refractivity contribution in [2.75, 3.05) is 26.2 Å². The Morgan fingerprint density at radius 1 is 1.40 bits per heavy atom. The van der Waals surface area contributed by atoms with Crippen LogP contribution in [0.3, 0.4) is 0 Å². The molecule has 3 unspecified atom stereocenters. The molecule has 6 atom stereocenters. The van der Waals surface area contributed by atoms with Crippen LogP contribution in [0.4, 0.5) is 0 Å². The van der Waals surface area contributed by atoms with Gasteiger partial charge in [-0.15, -0.1) is 18.3 Å². The van der Waals surface area contributed by atoms with Gasteiger partial charge in [-0.3, -0.25) is 14.4 Å². The zero-order valence-corrected chi connectivity index (χ0v) is 19.7. The second kappa shape index (κ2) is 9.61. The van der Waals surface area contributed by atoms with Crippen LogP contribution < -0.4 is 0 Å². The number of alkyl halides is 1. The lowest BCUT2D eigenvalue weighted by molar-refractivity contribution is -0.148. The molecule has 0 aromatic carbocycles. The zero-order chi connectivity index (χ0) is 22.1. The van der Waals surface area contributed by atoms with Crippen LogP contribution in [0.5, 0.6) is 0 Å². The van der Waals surface area contributed by atoms with E-state index in [9.17, 15) is 24.6 Å². The van der Waals surface area contributed by atoms with Crippen LogP contribution >= 0.6 is 27.7 Å². The SMILES string of the molecule is C=CCN(CCCC)C(=O)C1N(CCCCO)C(=O)[C@@H]2[C@@H](C(=O)O)[C@@H]3SC12CC3Br. The van der Waals surface area contributed by atoms with Crippen LogP contribution in [-0.2, 0) is 14.4 Å². The summed E-state index contributed by atoms with van der Waals surface area (Å²) >= 11 is 5.16. The minimum absolute atomic E-state index is 0.0202. The van der Waals surface area contributed by atoms with Gasteiger partial charge in [-0.25, -0.2) is 0 Å². The number of rotatable bonds is 11. The van der Waals surface area contributed by atoms with E-state index in [-0.39, 0.29) is 28.5 Å². The van der Waals surface area contributed by atoms with Crippen molar-refractivity contribution in [3.8, 4) is 0 Å². The minimum Gasteiger partial charge on any atom is -0.481 e. The smallest absolute Gasteiger partial charge is 0.308 e. The van der Waals surface area contributed by atoms with Crippen molar-refractivity contribution in [1.29, 1.82) is 0 Å². The molecule has 2 amide bonds. The monoisotopic (exact) mass is 502 g/mol. The molecule has 3 aliphatic heterocycles. The van der Waals surface area contributed by atoms with Gasteiger partial charge in [0, 0.05) is 36.3 Å². The van der Waals surface area contributed by atoms with Crippen molar-refractivity contribution in [2.45, 2.75) is 59.9 Å². The van der Waals surface area contributed by atoms with Gasteiger partial charge in [0.1, 0.15) is 6.04 Å². The fourth-order valence-electron chi connectivity index (χ4n) is 5.29. The highest BCUT2D eigenvalue weighted by atomic mass is 79.9. The summed E-state index contributed by atoms with van der Waals surface area (Å²) in [6.07, 6.45) is 5.21. The third kappa shape index (κ3) is 3.81. The van der Waals surface area contributed by atoms with E-state index in [4.69, 9.17) is 0 Å².